The first-order valence-electron chi connectivity index (χ1n) is 6.17. The molecule has 1 unspecified atom stereocenters. The molecule has 0 aromatic heterocycles. The molecule has 2 N–H and O–H groups in total. The van der Waals surface area contributed by atoms with Gasteiger partial charge >= 0.3 is 6.09 Å². The molecule has 5 nitrogen and oxygen atoms in total. The third-order valence-electron chi connectivity index (χ3n) is 3.18. The number of nitrogens with zero attached hydrogens (tertiary/aromatic N) is 1. The summed E-state index contributed by atoms with van der Waals surface area (Å²) in [5.74, 6) is 0. The van der Waals surface area contributed by atoms with Crippen molar-refractivity contribution in [1.82, 2.24) is 4.90 Å². The van der Waals surface area contributed by atoms with Crippen molar-refractivity contribution >= 4 is 6.09 Å². The first-order chi connectivity index (χ1) is 7.80. The molecular weight excluding hydrogens is 220 g/mol. The molecule has 98 valence electrons. The molecule has 1 spiro atoms. The SMILES string of the molecule is CC(C)(C)OC(=O)N1CC2(CCC(N)CO2)C1. The number of ether oxygens (including phenoxy) is 2. The molecule has 2 fully saturated rings. The second-order valence-corrected chi connectivity index (χ2v) is 6.13. The smallest absolute Gasteiger partial charge is 0.410 e. The molecule has 2 heterocycles. The van der Waals surface area contributed by atoms with Crippen LogP contribution in [0.25, 0.3) is 0 Å². The molecule has 2 aliphatic rings. The van der Waals surface area contributed by atoms with Crippen molar-refractivity contribution in [2.75, 3.05) is 19.7 Å². The highest BCUT2D eigenvalue weighted by Gasteiger charge is 2.49. The molecule has 2 saturated heterocycles. The fraction of sp³-hybridized carbons (Fsp3) is 0.917. The molecule has 0 aliphatic carbocycles. The van der Waals surface area contributed by atoms with Gasteiger partial charge in [-0.25, -0.2) is 4.79 Å². The minimum Gasteiger partial charge on any atom is -0.444 e. The van der Waals surface area contributed by atoms with Gasteiger partial charge in [-0.05, 0) is 33.6 Å². The summed E-state index contributed by atoms with van der Waals surface area (Å²) in [6, 6.07) is 0.149. The minimum absolute atomic E-state index is 0.146. The van der Waals surface area contributed by atoms with Crippen LogP contribution < -0.4 is 5.73 Å². The highest BCUT2D eigenvalue weighted by Crippen LogP contribution is 2.34. The maximum absolute atomic E-state index is 11.8. The van der Waals surface area contributed by atoms with Gasteiger partial charge in [0.25, 0.3) is 0 Å². The highest BCUT2D eigenvalue weighted by molar-refractivity contribution is 5.69. The van der Waals surface area contributed by atoms with Gasteiger partial charge in [-0.15, -0.1) is 0 Å². The van der Waals surface area contributed by atoms with E-state index in [2.05, 4.69) is 0 Å². The van der Waals surface area contributed by atoms with E-state index in [4.69, 9.17) is 15.2 Å². The van der Waals surface area contributed by atoms with Crippen LogP contribution in [0.2, 0.25) is 0 Å². The van der Waals surface area contributed by atoms with Gasteiger partial charge in [-0.1, -0.05) is 0 Å². The van der Waals surface area contributed by atoms with E-state index < -0.39 is 5.60 Å². The summed E-state index contributed by atoms with van der Waals surface area (Å²) in [4.78, 5) is 13.5. The Hall–Kier alpha value is -0.810. The molecule has 0 aromatic rings. The third-order valence-corrected chi connectivity index (χ3v) is 3.18. The molecule has 0 radical (unpaired) electrons. The highest BCUT2D eigenvalue weighted by atomic mass is 16.6. The maximum Gasteiger partial charge on any atom is 0.410 e. The Morgan fingerprint density at radius 1 is 1.47 bits per heavy atom. The van der Waals surface area contributed by atoms with Gasteiger partial charge in [0.05, 0.1) is 19.7 Å². The number of nitrogens with two attached hydrogens (primary N) is 1. The lowest BCUT2D eigenvalue weighted by molar-refractivity contribution is -0.164. The molecule has 1 atom stereocenters. The van der Waals surface area contributed by atoms with Crippen molar-refractivity contribution in [3.8, 4) is 0 Å². The number of likely N-dealkylation sites (tertiary alicyclic amines) is 1. The van der Waals surface area contributed by atoms with Crippen LogP contribution in [0, 0.1) is 0 Å². The Bertz CT molecular complexity index is 295. The van der Waals surface area contributed by atoms with Crippen molar-refractivity contribution in [3.05, 3.63) is 0 Å². The monoisotopic (exact) mass is 242 g/mol. The van der Waals surface area contributed by atoms with Crippen molar-refractivity contribution in [2.24, 2.45) is 5.73 Å². The van der Waals surface area contributed by atoms with Crippen molar-refractivity contribution in [3.63, 3.8) is 0 Å². The van der Waals surface area contributed by atoms with Gasteiger partial charge in [0, 0.05) is 6.04 Å². The summed E-state index contributed by atoms with van der Waals surface area (Å²) in [5.41, 5.74) is 5.20. The molecule has 17 heavy (non-hydrogen) atoms. The lowest BCUT2D eigenvalue weighted by Crippen LogP contribution is -2.67. The molecule has 2 aliphatic heterocycles. The lowest BCUT2D eigenvalue weighted by atomic mass is 9.85. The van der Waals surface area contributed by atoms with Crippen LogP contribution in [-0.4, -0.2) is 47.9 Å². The Kier molecular flexibility index (Phi) is 3.08. The van der Waals surface area contributed by atoms with E-state index in [0.717, 1.165) is 12.8 Å². The number of carbonyl (C=O) groups excluding carboxylic acids is 1. The zero-order valence-electron chi connectivity index (χ0n) is 10.9. The lowest BCUT2D eigenvalue weighted by Gasteiger charge is -2.52. The first-order valence-corrected chi connectivity index (χ1v) is 6.17. The molecule has 0 aromatic carbocycles. The topological polar surface area (TPSA) is 64.8 Å². The molecular formula is C12H22N2O3. The fourth-order valence-electron chi connectivity index (χ4n) is 2.24. The van der Waals surface area contributed by atoms with E-state index in [1.807, 2.05) is 20.8 Å². The Balaban J connectivity index is 1.80. The van der Waals surface area contributed by atoms with E-state index in [1.165, 1.54) is 0 Å². The average Bonchev–Trinajstić information content (AvgIpc) is 2.13. The molecule has 1 amide bonds. The van der Waals surface area contributed by atoms with Gasteiger partial charge in [0.2, 0.25) is 0 Å². The fourth-order valence-corrected chi connectivity index (χ4v) is 2.24. The summed E-state index contributed by atoms with van der Waals surface area (Å²) in [6.07, 6.45) is 1.66. The van der Waals surface area contributed by atoms with Crippen LogP contribution in [-0.2, 0) is 9.47 Å². The maximum atomic E-state index is 11.8. The molecule has 0 saturated carbocycles. The predicted octanol–water partition coefficient (Wildman–Crippen LogP) is 1.11. The molecule has 5 heteroatoms. The quantitative estimate of drug-likeness (QED) is 0.691. The zero-order chi connectivity index (χ0) is 12.7. The normalized spacial score (nSPS) is 27.8. The number of hydrogen-bond acceptors (Lipinski definition) is 4. The van der Waals surface area contributed by atoms with E-state index in [1.54, 1.807) is 4.90 Å². The summed E-state index contributed by atoms with van der Waals surface area (Å²) in [6.45, 7) is 7.48. The zero-order valence-corrected chi connectivity index (χ0v) is 10.9. The summed E-state index contributed by atoms with van der Waals surface area (Å²) >= 11 is 0. The van der Waals surface area contributed by atoms with Crippen LogP contribution in [0.5, 0.6) is 0 Å². The molecule has 0 bridgehead atoms. The summed E-state index contributed by atoms with van der Waals surface area (Å²) in [5, 5.41) is 0. The largest absolute Gasteiger partial charge is 0.444 e. The summed E-state index contributed by atoms with van der Waals surface area (Å²) < 4.78 is 11.1. The van der Waals surface area contributed by atoms with Crippen LogP contribution in [0.4, 0.5) is 4.79 Å². The van der Waals surface area contributed by atoms with Crippen molar-refractivity contribution < 1.29 is 14.3 Å². The third kappa shape index (κ3) is 2.90. The standard InChI is InChI=1S/C12H22N2O3/c1-11(2,3)17-10(15)14-7-12(8-14)5-4-9(13)6-16-12/h9H,4-8,13H2,1-3H3. The van der Waals surface area contributed by atoms with Crippen LogP contribution in [0.1, 0.15) is 33.6 Å². The van der Waals surface area contributed by atoms with Crippen LogP contribution in [0.15, 0.2) is 0 Å². The summed E-state index contributed by atoms with van der Waals surface area (Å²) in [7, 11) is 0. The van der Waals surface area contributed by atoms with Gasteiger partial charge in [-0.2, -0.15) is 0 Å². The number of amides is 1. The Labute approximate surface area is 102 Å². The predicted molar refractivity (Wildman–Crippen MR) is 63.7 cm³/mol. The van der Waals surface area contributed by atoms with E-state index in [-0.39, 0.29) is 17.7 Å². The Morgan fingerprint density at radius 2 is 2.12 bits per heavy atom. The Morgan fingerprint density at radius 3 is 2.59 bits per heavy atom. The van der Waals surface area contributed by atoms with E-state index in [9.17, 15) is 4.79 Å². The average molecular weight is 242 g/mol. The van der Waals surface area contributed by atoms with Crippen LogP contribution >= 0.6 is 0 Å². The number of carbonyl (C=O) groups is 1. The first kappa shape index (κ1) is 12.6. The second kappa shape index (κ2) is 4.14. The van der Waals surface area contributed by atoms with Crippen molar-refractivity contribution in [2.45, 2.75) is 50.9 Å². The minimum atomic E-state index is -0.435. The van der Waals surface area contributed by atoms with Crippen molar-refractivity contribution in [1.29, 1.82) is 0 Å². The number of hydrogen-bond donors (Lipinski definition) is 1. The van der Waals surface area contributed by atoms with Crippen LogP contribution in [0.3, 0.4) is 0 Å². The van der Waals surface area contributed by atoms with Gasteiger partial charge in [0.15, 0.2) is 0 Å². The van der Waals surface area contributed by atoms with Gasteiger partial charge < -0.3 is 20.1 Å². The van der Waals surface area contributed by atoms with Gasteiger partial charge in [-0.3, -0.25) is 0 Å². The second-order valence-electron chi connectivity index (χ2n) is 6.13. The van der Waals surface area contributed by atoms with E-state index >= 15 is 0 Å². The molecule has 2 rings (SSSR count). The van der Waals surface area contributed by atoms with E-state index in [0.29, 0.717) is 19.7 Å². The number of rotatable bonds is 0. The van der Waals surface area contributed by atoms with Gasteiger partial charge in [0.1, 0.15) is 11.2 Å².